The maximum atomic E-state index is 6.29. The molecular formula is C17H26N2O. The summed E-state index contributed by atoms with van der Waals surface area (Å²) in [6.07, 6.45) is 4.96. The number of nitrogens with two attached hydrogens (primary N) is 1. The van der Waals surface area contributed by atoms with Gasteiger partial charge in [0.1, 0.15) is 5.75 Å². The van der Waals surface area contributed by atoms with Crippen LogP contribution in [0.1, 0.15) is 42.4 Å². The van der Waals surface area contributed by atoms with Crippen LogP contribution < -0.4 is 10.5 Å². The third-order valence-corrected chi connectivity index (χ3v) is 4.98. The summed E-state index contributed by atoms with van der Waals surface area (Å²) in [5.41, 5.74) is 10.2. The smallest absolute Gasteiger partial charge is 0.124 e. The summed E-state index contributed by atoms with van der Waals surface area (Å²) in [4.78, 5) is 2.63. The van der Waals surface area contributed by atoms with Crippen LogP contribution in [-0.2, 0) is 5.54 Å². The van der Waals surface area contributed by atoms with E-state index in [4.69, 9.17) is 10.5 Å². The van der Waals surface area contributed by atoms with Crippen molar-refractivity contribution < 1.29 is 4.74 Å². The second-order valence-corrected chi connectivity index (χ2v) is 6.34. The molecule has 1 aromatic carbocycles. The maximum absolute atomic E-state index is 6.29. The predicted molar refractivity (Wildman–Crippen MR) is 82.2 cm³/mol. The Hall–Kier alpha value is -1.06. The van der Waals surface area contributed by atoms with Crippen LogP contribution in [0.25, 0.3) is 0 Å². The molecule has 3 heteroatoms. The van der Waals surface area contributed by atoms with E-state index in [-0.39, 0.29) is 5.54 Å². The summed E-state index contributed by atoms with van der Waals surface area (Å²) >= 11 is 0. The summed E-state index contributed by atoms with van der Waals surface area (Å²) in [7, 11) is 0. The van der Waals surface area contributed by atoms with Crippen LogP contribution in [0.2, 0.25) is 0 Å². The third-order valence-electron chi connectivity index (χ3n) is 4.98. The summed E-state index contributed by atoms with van der Waals surface area (Å²) in [6, 6.07) is 4.44. The number of benzene rings is 1. The second-order valence-electron chi connectivity index (χ2n) is 6.34. The first-order valence-corrected chi connectivity index (χ1v) is 7.87. The van der Waals surface area contributed by atoms with E-state index in [2.05, 4.69) is 30.9 Å². The van der Waals surface area contributed by atoms with E-state index in [1.165, 1.54) is 49.0 Å². The lowest BCUT2D eigenvalue weighted by atomic mass is 9.79. The van der Waals surface area contributed by atoms with E-state index < -0.39 is 0 Å². The zero-order valence-corrected chi connectivity index (χ0v) is 12.7. The Balaban J connectivity index is 2.09. The average Bonchev–Trinajstić information content (AvgIpc) is 2.47. The molecule has 0 aliphatic carbocycles. The number of ether oxygens (including phenoxy) is 1. The SMILES string of the molecule is Cc1cc(C)c2c(c1)OCCC2(CN)N1CCCCC1. The minimum absolute atomic E-state index is 0.00815. The second kappa shape index (κ2) is 5.38. The van der Waals surface area contributed by atoms with Crippen LogP contribution in [0.3, 0.4) is 0 Å². The van der Waals surface area contributed by atoms with Gasteiger partial charge in [0, 0.05) is 18.5 Å². The Bertz CT molecular complexity index is 494. The van der Waals surface area contributed by atoms with Gasteiger partial charge in [-0.3, -0.25) is 4.90 Å². The van der Waals surface area contributed by atoms with Crippen molar-refractivity contribution in [2.45, 2.75) is 45.1 Å². The van der Waals surface area contributed by atoms with Crippen molar-refractivity contribution >= 4 is 0 Å². The first-order valence-electron chi connectivity index (χ1n) is 7.87. The van der Waals surface area contributed by atoms with Crippen LogP contribution in [0.4, 0.5) is 0 Å². The number of aryl methyl sites for hydroxylation is 2. The molecule has 0 amide bonds. The van der Waals surface area contributed by atoms with Crippen LogP contribution in [0, 0.1) is 13.8 Å². The lowest BCUT2D eigenvalue weighted by Crippen LogP contribution is -2.55. The molecule has 0 aromatic heterocycles. The molecule has 0 bridgehead atoms. The zero-order chi connectivity index (χ0) is 14.2. The summed E-state index contributed by atoms with van der Waals surface area (Å²) in [6.45, 7) is 8.15. The molecule has 0 saturated carbocycles. The molecule has 20 heavy (non-hydrogen) atoms. The summed E-state index contributed by atoms with van der Waals surface area (Å²) in [5.74, 6) is 1.06. The Labute approximate surface area is 122 Å². The van der Waals surface area contributed by atoms with Crippen molar-refractivity contribution in [2.75, 3.05) is 26.2 Å². The van der Waals surface area contributed by atoms with Gasteiger partial charge >= 0.3 is 0 Å². The molecule has 2 N–H and O–H groups in total. The minimum Gasteiger partial charge on any atom is -0.493 e. The fourth-order valence-corrected chi connectivity index (χ4v) is 4.07. The van der Waals surface area contributed by atoms with E-state index in [1.54, 1.807) is 0 Å². The molecule has 2 heterocycles. The lowest BCUT2D eigenvalue weighted by Gasteiger charge is -2.49. The lowest BCUT2D eigenvalue weighted by molar-refractivity contribution is 0.0326. The summed E-state index contributed by atoms with van der Waals surface area (Å²) in [5, 5.41) is 0. The molecule has 1 unspecified atom stereocenters. The number of hydrogen-bond donors (Lipinski definition) is 1. The number of rotatable bonds is 2. The highest BCUT2D eigenvalue weighted by atomic mass is 16.5. The van der Waals surface area contributed by atoms with Gasteiger partial charge in [-0.15, -0.1) is 0 Å². The van der Waals surface area contributed by atoms with Gasteiger partial charge in [0.2, 0.25) is 0 Å². The van der Waals surface area contributed by atoms with E-state index in [9.17, 15) is 0 Å². The first kappa shape index (κ1) is 13.9. The Morgan fingerprint density at radius 3 is 2.65 bits per heavy atom. The Morgan fingerprint density at radius 2 is 1.95 bits per heavy atom. The molecule has 3 nitrogen and oxygen atoms in total. The normalized spacial score (nSPS) is 26.9. The monoisotopic (exact) mass is 274 g/mol. The first-order chi connectivity index (χ1) is 9.67. The van der Waals surface area contributed by atoms with Crippen LogP contribution in [0.15, 0.2) is 12.1 Å². The predicted octanol–water partition coefficient (Wildman–Crippen LogP) is 2.73. The minimum atomic E-state index is -0.00815. The molecule has 2 aliphatic heterocycles. The van der Waals surface area contributed by atoms with Crippen molar-refractivity contribution in [3.63, 3.8) is 0 Å². The van der Waals surface area contributed by atoms with Crippen molar-refractivity contribution in [1.29, 1.82) is 0 Å². The molecule has 3 rings (SSSR count). The average molecular weight is 274 g/mol. The van der Waals surface area contributed by atoms with Crippen molar-refractivity contribution in [3.8, 4) is 5.75 Å². The van der Waals surface area contributed by atoms with Gasteiger partial charge in [-0.05, 0) is 57.0 Å². The maximum Gasteiger partial charge on any atom is 0.124 e. The van der Waals surface area contributed by atoms with Crippen LogP contribution >= 0.6 is 0 Å². The van der Waals surface area contributed by atoms with Gasteiger partial charge < -0.3 is 10.5 Å². The van der Waals surface area contributed by atoms with Gasteiger partial charge in [0.25, 0.3) is 0 Å². The zero-order valence-electron chi connectivity index (χ0n) is 12.7. The number of nitrogens with zero attached hydrogens (tertiary/aromatic N) is 1. The fourth-order valence-electron chi connectivity index (χ4n) is 4.07. The molecule has 110 valence electrons. The van der Waals surface area contributed by atoms with Gasteiger partial charge in [-0.2, -0.15) is 0 Å². The number of fused-ring (bicyclic) bond motifs is 1. The highest BCUT2D eigenvalue weighted by Gasteiger charge is 2.43. The number of piperidine rings is 1. The van der Waals surface area contributed by atoms with E-state index in [0.717, 1.165) is 18.8 Å². The molecular weight excluding hydrogens is 248 g/mol. The van der Waals surface area contributed by atoms with Crippen molar-refractivity contribution in [2.24, 2.45) is 5.73 Å². The molecule has 1 aromatic rings. The molecule has 1 saturated heterocycles. The van der Waals surface area contributed by atoms with E-state index in [1.807, 2.05) is 0 Å². The van der Waals surface area contributed by atoms with Crippen LogP contribution in [0.5, 0.6) is 5.75 Å². The van der Waals surface area contributed by atoms with Gasteiger partial charge in [0.15, 0.2) is 0 Å². The van der Waals surface area contributed by atoms with Gasteiger partial charge in [-0.25, -0.2) is 0 Å². The molecule has 0 spiro atoms. The van der Waals surface area contributed by atoms with Gasteiger partial charge in [-0.1, -0.05) is 12.5 Å². The van der Waals surface area contributed by atoms with Crippen molar-refractivity contribution in [1.82, 2.24) is 4.90 Å². The largest absolute Gasteiger partial charge is 0.493 e. The number of likely N-dealkylation sites (tertiary alicyclic amines) is 1. The van der Waals surface area contributed by atoms with E-state index in [0.29, 0.717) is 6.54 Å². The molecule has 1 fully saturated rings. The van der Waals surface area contributed by atoms with E-state index >= 15 is 0 Å². The van der Waals surface area contributed by atoms with Crippen molar-refractivity contribution in [3.05, 3.63) is 28.8 Å². The highest BCUT2D eigenvalue weighted by molar-refractivity contribution is 5.49. The molecule has 0 radical (unpaired) electrons. The fraction of sp³-hybridized carbons (Fsp3) is 0.647. The standard InChI is InChI=1S/C17H26N2O/c1-13-10-14(2)16-15(11-13)20-9-6-17(16,12-18)19-7-4-3-5-8-19/h10-11H,3-9,12,18H2,1-2H3. The third kappa shape index (κ3) is 2.13. The highest BCUT2D eigenvalue weighted by Crippen LogP contribution is 2.44. The Kier molecular flexibility index (Phi) is 3.74. The molecule has 2 aliphatic rings. The topological polar surface area (TPSA) is 38.5 Å². The molecule has 1 atom stereocenters. The Morgan fingerprint density at radius 1 is 1.20 bits per heavy atom. The number of hydrogen-bond acceptors (Lipinski definition) is 3. The van der Waals surface area contributed by atoms with Crippen LogP contribution in [-0.4, -0.2) is 31.1 Å². The quantitative estimate of drug-likeness (QED) is 0.901. The summed E-state index contributed by atoms with van der Waals surface area (Å²) < 4.78 is 5.95. The van der Waals surface area contributed by atoms with Gasteiger partial charge in [0.05, 0.1) is 12.1 Å².